The number of anilines is 2. The van der Waals surface area contributed by atoms with Gasteiger partial charge in [-0.25, -0.2) is 0 Å². The topological polar surface area (TPSA) is 110 Å². The summed E-state index contributed by atoms with van der Waals surface area (Å²) in [7, 11) is 1.39. The number of benzene rings is 3. The summed E-state index contributed by atoms with van der Waals surface area (Å²) in [6.07, 6.45) is 0. The van der Waals surface area contributed by atoms with Crippen molar-refractivity contribution in [2.24, 2.45) is 0 Å². The van der Waals surface area contributed by atoms with Crippen LogP contribution in [0.25, 0.3) is 22.0 Å². The minimum atomic E-state index is -0.490. The normalized spacial score (nSPS) is 10.7. The van der Waals surface area contributed by atoms with Crippen molar-refractivity contribution in [1.29, 1.82) is 0 Å². The maximum Gasteiger partial charge on any atom is 0.311 e. The molecule has 0 amide bonds. The molecule has 3 aromatic carbocycles. The maximum absolute atomic E-state index is 11.4. The van der Waals surface area contributed by atoms with Crippen LogP contribution in [0.2, 0.25) is 0 Å². The molecule has 8 heteroatoms. The molecule has 0 bridgehead atoms. The van der Waals surface area contributed by atoms with Gasteiger partial charge in [0.1, 0.15) is 11.4 Å². The number of aromatic nitrogens is 2. The van der Waals surface area contributed by atoms with Gasteiger partial charge in [0.25, 0.3) is 0 Å². The lowest BCUT2D eigenvalue weighted by molar-refractivity contribution is -0.385. The molecule has 4 rings (SSSR count). The maximum atomic E-state index is 11.4. The molecule has 1 heterocycles. The molecule has 1 aromatic heterocycles. The van der Waals surface area contributed by atoms with E-state index >= 15 is 0 Å². The number of nitrogens with one attached hydrogen (secondary N) is 1. The summed E-state index contributed by atoms with van der Waals surface area (Å²) in [6.45, 7) is 0. The first kappa shape index (κ1) is 18.2. The molecular weight excluding hydrogens is 372 g/mol. The number of nitrogens with zero attached hydrogens (tertiary/aromatic N) is 3. The molecule has 2 N–H and O–H groups in total. The van der Waals surface area contributed by atoms with Crippen LogP contribution in [0, 0.1) is 10.1 Å². The summed E-state index contributed by atoms with van der Waals surface area (Å²) in [4.78, 5) is 10.9. The van der Waals surface area contributed by atoms with Gasteiger partial charge in [-0.2, -0.15) is 0 Å². The predicted molar refractivity (Wildman–Crippen MR) is 110 cm³/mol. The number of fused-ring (bicyclic) bond motifs is 1. The van der Waals surface area contributed by atoms with E-state index in [-0.39, 0.29) is 17.2 Å². The first-order valence-electron chi connectivity index (χ1n) is 8.71. The molecule has 0 radical (unpaired) electrons. The summed E-state index contributed by atoms with van der Waals surface area (Å²) >= 11 is 0. The number of phenols is 1. The highest BCUT2D eigenvalue weighted by Gasteiger charge is 2.18. The van der Waals surface area contributed by atoms with Crippen molar-refractivity contribution < 1.29 is 14.8 Å². The van der Waals surface area contributed by atoms with E-state index in [1.54, 1.807) is 36.4 Å². The quantitative estimate of drug-likeness (QED) is 0.378. The molecule has 0 fully saturated rings. The average molecular weight is 388 g/mol. The largest absolute Gasteiger partial charge is 0.508 e. The third-order valence-electron chi connectivity index (χ3n) is 4.45. The second-order valence-electron chi connectivity index (χ2n) is 6.26. The van der Waals surface area contributed by atoms with Gasteiger partial charge in [0.2, 0.25) is 0 Å². The van der Waals surface area contributed by atoms with E-state index < -0.39 is 4.92 Å². The van der Waals surface area contributed by atoms with E-state index in [1.165, 1.54) is 13.2 Å². The second-order valence-corrected chi connectivity index (χ2v) is 6.26. The van der Waals surface area contributed by atoms with Crippen LogP contribution < -0.4 is 10.1 Å². The van der Waals surface area contributed by atoms with Gasteiger partial charge in [0.05, 0.1) is 12.0 Å². The number of rotatable bonds is 5. The number of nitro groups is 1. The fraction of sp³-hybridized carbons (Fsp3) is 0.0476. The average Bonchev–Trinajstić information content (AvgIpc) is 2.73. The molecule has 0 saturated heterocycles. The van der Waals surface area contributed by atoms with Crippen LogP contribution in [0.1, 0.15) is 0 Å². The zero-order chi connectivity index (χ0) is 20.4. The molecule has 0 aliphatic carbocycles. The molecule has 0 aliphatic rings. The Balaban J connectivity index is 1.84. The van der Waals surface area contributed by atoms with E-state index in [2.05, 4.69) is 15.5 Å². The number of aromatic hydroxyl groups is 1. The fourth-order valence-electron chi connectivity index (χ4n) is 3.11. The van der Waals surface area contributed by atoms with Crippen molar-refractivity contribution in [3.8, 4) is 22.8 Å². The van der Waals surface area contributed by atoms with E-state index in [0.29, 0.717) is 22.8 Å². The Kier molecular flexibility index (Phi) is 4.66. The first-order chi connectivity index (χ1) is 14.1. The second kappa shape index (κ2) is 7.43. The van der Waals surface area contributed by atoms with Crippen LogP contribution in [-0.4, -0.2) is 27.3 Å². The monoisotopic (exact) mass is 388 g/mol. The zero-order valence-electron chi connectivity index (χ0n) is 15.4. The number of ether oxygens (including phenoxy) is 1. The molecule has 4 aromatic rings. The van der Waals surface area contributed by atoms with E-state index in [9.17, 15) is 15.2 Å². The van der Waals surface area contributed by atoms with Gasteiger partial charge < -0.3 is 15.2 Å². The van der Waals surface area contributed by atoms with Gasteiger partial charge in [-0.1, -0.05) is 30.3 Å². The summed E-state index contributed by atoms with van der Waals surface area (Å²) < 4.78 is 5.07. The van der Waals surface area contributed by atoms with Gasteiger partial charge in [0.15, 0.2) is 11.6 Å². The van der Waals surface area contributed by atoms with Crippen molar-refractivity contribution in [2.75, 3.05) is 12.4 Å². The molecule has 0 aliphatic heterocycles. The lowest BCUT2D eigenvalue weighted by Gasteiger charge is -2.12. The van der Waals surface area contributed by atoms with E-state index in [0.717, 1.165) is 10.8 Å². The lowest BCUT2D eigenvalue weighted by Crippen LogP contribution is -2.00. The number of hydrogen-bond acceptors (Lipinski definition) is 7. The minimum Gasteiger partial charge on any atom is -0.508 e. The Labute approximate surface area is 165 Å². The highest BCUT2D eigenvalue weighted by Crippen LogP contribution is 2.35. The summed E-state index contributed by atoms with van der Waals surface area (Å²) in [5, 5.41) is 34.4. The number of hydrogen-bond donors (Lipinski definition) is 2. The van der Waals surface area contributed by atoms with Crippen LogP contribution in [0.5, 0.6) is 11.5 Å². The number of nitro benzene ring substituents is 1. The minimum absolute atomic E-state index is 0.134. The molecule has 0 atom stereocenters. The van der Waals surface area contributed by atoms with Crippen molar-refractivity contribution >= 4 is 28.0 Å². The standard InChI is InChI=1S/C21H16N4O4/c1-29-19-10-9-13(11-18(19)25(27)28)20-16-7-2-3-8-17(16)21(24-23-20)22-14-5-4-6-15(26)12-14/h2-12,26H,1H3,(H,22,24). The van der Waals surface area contributed by atoms with Crippen molar-refractivity contribution in [2.45, 2.75) is 0 Å². The Bertz CT molecular complexity index is 1230. The molecule has 29 heavy (non-hydrogen) atoms. The van der Waals surface area contributed by atoms with Crippen LogP contribution in [-0.2, 0) is 0 Å². The molecule has 8 nitrogen and oxygen atoms in total. The van der Waals surface area contributed by atoms with Gasteiger partial charge in [-0.15, -0.1) is 10.2 Å². The van der Waals surface area contributed by atoms with Crippen LogP contribution in [0.4, 0.5) is 17.2 Å². The van der Waals surface area contributed by atoms with Crippen LogP contribution >= 0.6 is 0 Å². The Morgan fingerprint density at radius 1 is 1.00 bits per heavy atom. The highest BCUT2D eigenvalue weighted by molar-refractivity contribution is 6.01. The van der Waals surface area contributed by atoms with Crippen molar-refractivity contribution in [3.05, 3.63) is 76.8 Å². The Morgan fingerprint density at radius 2 is 1.79 bits per heavy atom. The molecule has 0 spiro atoms. The first-order valence-corrected chi connectivity index (χ1v) is 8.71. The summed E-state index contributed by atoms with van der Waals surface area (Å²) in [6, 6.07) is 18.9. The molecule has 0 saturated carbocycles. The van der Waals surface area contributed by atoms with Crippen molar-refractivity contribution in [3.63, 3.8) is 0 Å². The smallest absolute Gasteiger partial charge is 0.311 e. The third-order valence-corrected chi connectivity index (χ3v) is 4.45. The predicted octanol–water partition coefficient (Wildman–Crippen LogP) is 4.66. The summed E-state index contributed by atoms with van der Waals surface area (Å²) in [5.74, 6) is 0.825. The Hall–Kier alpha value is -4.20. The zero-order valence-corrected chi connectivity index (χ0v) is 15.4. The fourth-order valence-corrected chi connectivity index (χ4v) is 3.11. The molecule has 0 unspecified atom stereocenters. The van der Waals surface area contributed by atoms with Gasteiger partial charge in [0, 0.05) is 34.2 Å². The van der Waals surface area contributed by atoms with Gasteiger partial charge in [-0.3, -0.25) is 10.1 Å². The van der Waals surface area contributed by atoms with Gasteiger partial charge >= 0.3 is 5.69 Å². The third kappa shape index (κ3) is 3.51. The summed E-state index contributed by atoms with van der Waals surface area (Å²) in [5.41, 5.74) is 1.60. The van der Waals surface area contributed by atoms with E-state index in [1.807, 2.05) is 24.3 Å². The number of phenolic OH excluding ortho intramolecular Hbond substituents is 1. The molecule has 144 valence electrons. The highest BCUT2D eigenvalue weighted by atomic mass is 16.6. The lowest BCUT2D eigenvalue weighted by atomic mass is 10.0. The SMILES string of the molecule is COc1ccc(-c2nnc(Nc3cccc(O)c3)c3ccccc23)cc1[N+](=O)[O-]. The Morgan fingerprint density at radius 3 is 2.52 bits per heavy atom. The molecular formula is C21H16N4O4. The van der Waals surface area contributed by atoms with Crippen LogP contribution in [0.3, 0.4) is 0 Å². The van der Waals surface area contributed by atoms with Crippen molar-refractivity contribution in [1.82, 2.24) is 10.2 Å². The van der Waals surface area contributed by atoms with Crippen LogP contribution in [0.15, 0.2) is 66.7 Å². The van der Waals surface area contributed by atoms with Gasteiger partial charge in [-0.05, 0) is 24.3 Å². The number of methoxy groups -OCH3 is 1. The van der Waals surface area contributed by atoms with E-state index in [4.69, 9.17) is 4.74 Å².